The van der Waals surface area contributed by atoms with Crippen molar-refractivity contribution >= 4 is 16.9 Å². The number of carbonyl (C=O) groups excluding carboxylic acids is 1. The molecule has 0 saturated carbocycles. The van der Waals surface area contributed by atoms with E-state index < -0.39 is 5.91 Å². The smallest absolute Gasteiger partial charge is 0.225 e. The van der Waals surface area contributed by atoms with Crippen LogP contribution in [0.5, 0.6) is 0 Å². The SMILES string of the molecule is CC(C)c1nc2ccccc2n1Cc1nc(CC(N)=O)nn1C1CCOC1. The Labute approximate surface area is 157 Å². The number of fused-ring (bicyclic) bond motifs is 1. The first-order valence-corrected chi connectivity index (χ1v) is 9.28. The lowest BCUT2D eigenvalue weighted by Gasteiger charge is -2.14. The maximum absolute atomic E-state index is 11.3. The van der Waals surface area contributed by atoms with Gasteiger partial charge < -0.3 is 15.0 Å². The van der Waals surface area contributed by atoms with Crippen LogP contribution in [0.15, 0.2) is 24.3 Å². The lowest BCUT2D eigenvalue weighted by Crippen LogP contribution is -2.18. The molecule has 8 nitrogen and oxygen atoms in total. The minimum atomic E-state index is -0.433. The number of nitrogens with zero attached hydrogens (tertiary/aromatic N) is 5. The van der Waals surface area contributed by atoms with E-state index >= 15 is 0 Å². The molecule has 3 aromatic rings. The van der Waals surface area contributed by atoms with Crippen LogP contribution < -0.4 is 5.73 Å². The van der Waals surface area contributed by atoms with Crippen LogP contribution in [0, 0.1) is 0 Å². The van der Waals surface area contributed by atoms with Crippen molar-refractivity contribution < 1.29 is 9.53 Å². The summed E-state index contributed by atoms with van der Waals surface area (Å²) in [5, 5.41) is 4.56. The number of aromatic nitrogens is 5. The third-order valence-electron chi connectivity index (χ3n) is 4.83. The van der Waals surface area contributed by atoms with Gasteiger partial charge in [-0.1, -0.05) is 26.0 Å². The van der Waals surface area contributed by atoms with Crippen molar-refractivity contribution in [3.05, 3.63) is 41.7 Å². The second-order valence-corrected chi connectivity index (χ2v) is 7.25. The molecule has 1 fully saturated rings. The maximum Gasteiger partial charge on any atom is 0.225 e. The average Bonchev–Trinajstić information content (AvgIpc) is 3.34. The number of rotatable bonds is 6. The van der Waals surface area contributed by atoms with Crippen LogP contribution in [0.1, 0.15) is 49.7 Å². The fourth-order valence-corrected chi connectivity index (χ4v) is 3.59. The standard InChI is InChI=1S/C19H24N6O2/c1-12(2)19-21-14-5-3-4-6-15(14)24(19)10-18-22-17(9-16(20)26)23-25(18)13-7-8-27-11-13/h3-6,12-13H,7-11H2,1-2H3,(H2,20,26). The predicted molar refractivity (Wildman–Crippen MR) is 100 cm³/mol. The van der Waals surface area contributed by atoms with Crippen molar-refractivity contribution in [3.63, 3.8) is 0 Å². The monoisotopic (exact) mass is 368 g/mol. The van der Waals surface area contributed by atoms with Crippen molar-refractivity contribution in [2.24, 2.45) is 5.73 Å². The molecule has 3 heterocycles. The van der Waals surface area contributed by atoms with Gasteiger partial charge in [0.25, 0.3) is 0 Å². The molecule has 1 saturated heterocycles. The first-order valence-electron chi connectivity index (χ1n) is 9.28. The van der Waals surface area contributed by atoms with Crippen molar-refractivity contribution in [1.82, 2.24) is 24.3 Å². The van der Waals surface area contributed by atoms with Gasteiger partial charge in [0, 0.05) is 12.5 Å². The molecule has 1 aliphatic heterocycles. The zero-order valence-corrected chi connectivity index (χ0v) is 15.6. The first kappa shape index (κ1) is 17.7. The van der Waals surface area contributed by atoms with Gasteiger partial charge >= 0.3 is 0 Å². The highest BCUT2D eigenvalue weighted by Gasteiger charge is 2.25. The fourth-order valence-electron chi connectivity index (χ4n) is 3.59. The van der Waals surface area contributed by atoms with Gasteiger partial charge in [-0.3, -0.25) is 4.79 Å². The van der Waals surface area contributed by atoms with Crippen LogP contribution in [-0.4, -0.2) is 43.4 Å². The minimum Gasteiger partial charge on any atom is -0.379 e. The molecular formula is C19H24N6O2. The Morgan fingerprint density at radius 2 is 2.15 bits per heavy atom. The molecule has 1 aromatic carbocycles. The quantitative estimate of drug-likeness (QED) is 0.715. The second-order valence-electron chi connectivity index (χ2n) is 7.25. The summed E-state index contributed by atoms with van der Waals surface area (Å²) in [5.74, 6) is 2.10. The molecule has 8 heteroatoms. The number of ether oxygens (including phenoxy) is 1. The van der Waals surface area contributed by atoms with E-state index in [1.807, 2.05) is 22.9 Å². The third kappa shape index (κ3) is 3.44. The van der Waals surface area contributed by atoms with E-state index in [0.29, 0.717) is 25.6 Å². The zero-order chi connectivity index (χ0) is 19.0. The Hall–Kier alpha value is -2.74. The van der Waals surface area contributed by atoms with Gasteiger partial charge in [-0.05, 0) is 18.6 Å². The van der Waals surface area contributed by atoms with Crippen molar-refractivity contribution in [1.29, 1.82) is 0 Å². The molecule has 0 spiro atoms. The van der Waals surface area contributed by atoms with E-state index in [0.717, 1.165) is 29.1 Å². The predicted octanol–water partition coefficient (Wildman–Crippen LogP) is 1.79. The van der Waals surface area contributed by atoms with Crippen LogP contribution in [0.25, 0.3) is 11.0 Å². The maximum atomic E-state index is 11.3. The third-order valence-corrected chi connectivity index (χ3v) is 4.83. The second kappa shape index (κ2) is 7.11. The number of primary amides is 1. The summed E-state index contributed by atoms with van der Waals surface area (Å²) < 4.78 is 9.62. The number of amides is 1. The largest absolute Gasteiger partial charge is 0.379 e. The van der Waals surface area contributed by atoms with E-state index in [9.17, 15) is 4.79 Å². The number of nitrogens with two attached hydrogens (primary N) is 1. The van der Waals surface area contributed by atoms with E-state index in [1.54, 1.807) is 0 Å². The summed E-state index contributed by atoms with van der Waals surface area (Å²) >= 11 is 0. The molecule has 1 atom stereocenters. The molecule has 4 rings (SSSR count). The number of carbonyl (C=O) groups is 1. The van der Waals surface area contributed by atoms with Gasteiger partial charge in [-0.2, -0.15) is 5.10 Å². The molecule has 1 unspecified atom stereocenters. The van der Waals surface area contributed by atoms with Crippen LogP contribution in [-0.2, 0) is 22.5 Å². The van der Waals surface area contributed by atoms with E-state index in [-0.39, 0.29) is 18.4 Å². The Balaban J connectivity index is 1.77. The van der Waals surface area contributed by atoms with Gasteiger partial charge in [-0.25, -0.2) is 14.6 Å². The normalized spacial score (nSPS) is 17.2. The Morgan fingerprint density at radius 3 is 2.85 bits per heavy atom. The van der Waals surface area contributed by atoms with E-state index in [1.165, 1.54) is 0 Å². The minimum absolute atomic E-state index is 0.0370. The zero-order valence-electron chi connectivity index (χ0n) is 15.6. The highest BCUT2D eigenvalue weighted by atomic mass is 16.5. The van der Waals surface area contributed by atoms with Crippen LogP contribution in [0.3, 0.4) is 0 Å². The molecular weight excluding hydrogens is 344 g/mol. The van der Waals surface area contributed by atoms with Crippen molar-refractivity contribution in [3.8, 4) is 0 Å². The van der Waals surface area contributed by atoms with Gasteiger partial charge in [0.05, 0.1) is 36.6 Å². The van der Waals surface area contributed by atoms with Crippen LogP contribution in [0.4, 0.5) is 0 Å². The topological polar surface area (TPSA) is 101 Å². The summed E-state index contributed by atoms with van der Waals surface area (Å²) in [7, 11) is 0. The molecule has 142 valence electrons. The number of benzene rings is 1. The van der Waals surface area contributed by atoms with Crippen LogP contribution >= 0.6 is 0 Å². The number of para-hydroxylation sites is 2. The average molecular weight is 368 g/mol. The molecule has 1 aliphatic rings. The summed E-state index contributed by atoms with van der Waals surface area (Å²) in [6.45, 7) is 6.11. The summed E-state index contributed by atoms with van der Waals surface area (Å²) in [6.07, 6.45) is 0.920. The number of imidazole rings is 1. The van der Waals surface area contributed by atoms with Gasteiger partial charge in [0.15, 0.2) is 5.82 Å². The Bertz CT molecular complexity index is 968. The molecule has 0 aliphatic carbocycles. The molecule has 2 aromatic heterocycles. The Kier molecular flexibility index (Phi) is 4.65. The van der Waals surface area contributed by atoms with E-state index in [4.69, 9.17) is 15.5 Å². The lowest BCUT2D eigenvalue weighted by atomic mass is 10.2. The number of hydrogen-bond donors (Lipinski definition) is 1. The molecule has 1 amide bonds. The highest BCUT2D eigenvalue weighted by Crippen LogP contribution is 2.25. The number of hydrogen-bond acceptors (Lipinski definition) is 5. The van der Waals surface area contributed by atoms with Gasteiger partial charge in [-0.15, -0.1) is 0 Å². The Morgan fingerprint density at radius 1 is 1.33 bits per heavy atom. The summed E-state index contributed by atoms with van der Waals surface area (Å²) in [6, 6.07) is 8.22. The van der Waals surface area contributed by atoms with E-state index in [2.05, 4.69) is 34.6 Å². The highest BCUT2D eigenvalue weighted by molar-refractivity contribution is 5.76. The fraction of sp³-hybridized carbons (Fsp3) is 0.474. The molecule has 0 bridgehead atoms. The molecule has 0 radical (unpaired) electrons. The van der Waals surface area contributed by atoms with Crippen molar-refractivity contribution in [2.75, 3.05) is 13.2 Å². The van der Waals surface area contributed by atoms with Crippen LogP contribution in [0.2, 0.25) is 0 Å². The summed E-state index contributed by atoms with van der Waals surface area (Å²) in [5.41, 5.74) is 7.37. The first-order chi connectivity index (χ1) is 13.0. The van der Waals surface area contributed by atoms with Gasteiger partial charge in [0.2, 0.25) is 5.91 Å². The summed E-state index contributed by atoms with van der Waals surface area (Å²) in [4.78, 5) is 20.8. The van der Waals surface area contributed by atoms with Gasteiger partial charge in [0.1, 0.15) is 11.6 Å². The molecule has 2 N–H and O–H groups in total. The lowest BCUT2D eigenvalue weighted by molar-refractivity contribution is -0.117. The molecule has 27 heavy (non-hydrogen) atoms. The van der Waals surface area contributed by atoms with Crippen molar-refractivity contribution in [2.45, 2.75) is 45.2 Å².